The van der Waals surface area contributed by atoms with Gasteiger partial charge in [-0.05, 0) is 25.0 Å². The fourth-order valence-corrected chi connectivity index (χ4v) is 1.73. The van der Waals surface area contributed by atoms with E-state index in [0.29, 0.717) is 5.33 Å². The molecule has 1 rings (SSSR count). The van der Waals surface area contributed by atoms with Gasteiger partial charge in [-0.15, -0.1) is 0 Å². The van der Waals surface area contributed by atoms with Crippen LogP contribution >= 0.6 is 15.9 Å². The molecular formula is C12H16BrNO2. The standard InChI is InChI=1S/C12H16BrNO2/c1-9(14-12(15)8-13)7-10-5-3-4-6-11(10)16-2/h3-6,9H,7-8H2,1-2H3,(H,14,15). The van der Waals surface area contributed by atoms with Crippen LogP contribution in [-0.2, 0) is 11.2 Å². The number of methoxy groups -OCH3 is 1. The number of carbonyl (C=O) groups excluding carboxylic acids is 1. The molecule has 4 heteroatoms. The molecule has 1 unspecified atom stereocenters. The maximum atomic E-state index is 11.2. The minimum Gasteiger partial charge on any atom is -0.496 e. The van der Waals surface area contributed by atoms with E-state index in [4.69, 9.17) is 4.74 Å². The number of amides is 1. The highest BCUT2D eigenvalue weighted by molar-refractivity contribution is 9.09. The van der Waals surface area contributed by atoms with E-state index in [-0.39, 0.29) is 11.9 Å². The summed E-state index contributed by atoms with van der Waals surface area (Å²) >= 11 is 3.12. The van der Waals surface area contributed by atoms with Gasteiger partial charge in [-0.3, -0.25) is 4.79 Å². The summed E-state index contributed by atoms with van der Waals surface area (Å²) in [6, 6.07) is 7.94. The lowest BCUT2D eigenvalue weighted by Crippen LogP contribution is -2.34. The van der Waals surface area contributed by atoms with Crippen molar-refractivity contribution in [1.29, 1.82) is 0 Å². The molecule has 1 aromatic carbocycles. The Morgan fingerprint density at radius 1 is 1.50 bits per heavy atom. The molecule has 1 N–H and O–H groups in total. The Kier molecular flexibility index (Phi) is 5.32. The van der Waals surface area contributed by atoms with E-state index < -0.39 is 0 Å². The van der Waals surface area contributed by atoms with Crippen molar-refractivity contribution < 1.29 is 9.53 Å². The highest BCUT2D eigenvalue weighted by Gasteiger charge is 2.09. The predicted molar refractivity (Wildman–Crippen MR) is 68.1 cm³/mol. The molecule has 0 bridgehead atoms. The zero-order valence-corrected chi connectivity index (χ0v) is 11.1. The lowest BCUT2D eigenvalue weighted by atomic mass is 10.1. The van der Waals surface area contributed by atoms with Crippen LogP contribution in [0.3, 0.4) is 0 Å². The largest absolute Gasteiger partial charge is 0.496 e. The molecule has 1 aromatic rings. The first-order chi connectivity index (χ1) is 7.67. The summed E-state index contributed by atoms with van der Waals surface area (Å²) in [6.07, 6.45) is 0.767. The van der Waals surface area contributed by atoms with Crippen LogP contribution in [0.4, 0.5) is 0 Å². The van der Waals surface area contributed by atoms with Gasteiger partial charge < -0.3 is 10.1 Å². The number of rotatable bonds is 5. The number of benzene rings is 1. The molecule has 0 aromatic heterocycles. The molecule has 0 radical (unpaired) electrons. The second-order valence-corrected chi connectivity index (χ2v) is 4.18. The normalized spacial score (nSPS) is 11.9. The van der Waals surface area contributed by atoms with Gasteiger partial charge in [0.1, 0.15) is 5.75 Å². The van der Waals surface area contributed by atoms with Crippen molar-refractivity contribution in [2.45, 2.75) is 19.4 Å². The molecule has 0 aliphatic heterocycles. The first-order valence-electron chi connectivity index (χ1n) is 5.14. The van der Waals surface area contributed by atoms with Gasteiger partial charge in [-0.2, -0.15) is 0 Å². The van der Waals surface area contributed by atoms with Crippen molar-refractivity contribution in [3.8, 4) is 5.75 Å². The first kappa shape index (κ1) is 13.0. The summed E-state index contributed by atoms with van der Waals surface area (Å²) in [5.41, 5.74) is 1.10. The third-order valence-electron chi connectivity index (χ3n) is 2.25. The van der Waals surface area contributed by atoms with Crippen LogP contribution in [0.25, 0.3) is 0 Å². The Morgan fingerprint density at radius 2 is 2.19 bits per heavy atom. The summed E-state index contributed by atoms with van der Waals surface area (Å²) in [5, 5.41) is 3.22. The molecule has 3 nitrogen and oxygen atoms in total. The summed E-state index contributed by atoms with van der Waals surface area (Å²) < 4.78 is 5.26. The third kappa shape index (κ3) is 3.85. The SMILES string of the molecule is COc1ccccc1CC(C)NC(=O)CBr. The van der Waals surface area contributed by atoms with Gasteiger partial charge in [0.15, 0.2) is 0 Å². The van der Waals surface area contributed by atoms with E-state index in [1.807, 2.05) is 31.2 Å². The van der Waals surface area contributed by atoms with Gasteiger partial charge in [-0.25, -0.2) is 0 Å². The fraction of sp³-hybridized carbons (Fsp3) is 0.417. The second-order valence-electron chi connectivity index (χ2n) is 3.62. The maximum absolute atomic E-state index is 11.2. The highest BCUT2D eigenvalue weighted by Crippen LogP contribution is 2.18. The van der Waals surface area contributed by atoms with Crippen LogP contribution < -0.4 is 10.1 Å². The number of nitrogens with one attached hydrogen (secondary N) is 1. The monoisotopic (exact) mass is 285 g/mol. The van der Waals surface area contributed by atoms with E-state index in [1.54, 1.807) is 7.11 Å². The fourth-order valence-electron chi connectivity index (χ4n) is 1.57. The number of hydrogen-bond acceptors (Lipinski definition) is 2. The van der Waals surface area contributed by atoms with Crippen LogP contribution in [0.1, 0.15) is 12.5 Å². The average molecular weight is 286 g/mol. The van der Waals surface area contributed by atoms with Gasteiger partial charge >= 0.3 is 0 Å². The van der Waals surface area contributed by atoms with E-state index in [2.05, 4.69) is 21.2 Å². The zero-order chi connectivity index (χ0) is 12.0. The van der Waals surface area contributed by atoms with Gasteiger partial charge in [0.05, 0.1) is 12.4 Å². The molecule has 0 aliphatic rings. The maximum Gasteiger partial charge on any atom is 0.230 e. The van der Waals surface area contributed by atoms with E-state index >= 15 is 0 Å². The Labute approximate surface area is 104 Å². The number of alkyl halides is 1. The van der Waals surface area contributed by atoms with Crippen LogP contribution in [-0.4, -0.2) is 24.4 Å². The molecule has 0 fully saturated rings. The predicted octanol–water partition coefficient (Wildman–Crippen LogP) is 2.14. The topological polar surface area (TPSA) is 38.3 Å². The van der Waals surface area contributed by atoms with Crippen molar-refractivity contribution in [1.82, 2.24) is 5.32 Å². The molecule has 0 spiro atoms. The second kappa shape index (κ2) is 6.53. The van der Waals surface area contributed by atoms with Gasteiger partial charge in [0.25, 0.3) is 0 Å². The molecule has 1 amide bonds. The molecule has 0 aliphatic carbocycles. The van der Waals surface area contributed by atoms with E-state index in [1.165, 1.54) is 0 Å². The van der Waals surface area contributed by atoms with Gasteiger partial charge in [0, 0.05) is 6.04 Å². The van der Waals surface area contributed by atoms with Crippen LogP contribution in [0.15, 0.2) is 24.3 Å². The van der Waals surface area contributed by atoms with Gasteiger partial charge in [0.2, 0.25) is 5.91 Å². The van der Waals surface area contributed by atoms with Crippen molar-refractivity contribution in [2.24, 2.45) is 0 Å². The lowest BCUT2D eigenvalue weighted by molar-refractivity contribution is -0.119. The third-order valence-corrected chi connectivity index (χ3v) is 2.76. The molecule has 0 saturated carbocycles. The summed E-state index contributed by atoms with van der Waals surface area (Å²) in [5.74, 6) is 0.866. The molecule has 16 heavy (non-hydrogen) atoms. The molecule has 1 atom stereocenters. The Balaban J connectivity index is 2.61. The summed E-state index contributed by atoms with van der Waals surface area (Å²) in [7, 11) is 1.65. The number of halogens is 1. The van der Waals surface area contributed by atoms with Crippen LogP contribution in [0.2, 0.25) is 0 Å². The van der Waals surface area contributed by atoms with Crippen LogP contribution in [0.5, 0.6) is 5.75 Å². The first-order valence-corrected chi connectivity index (χ1v) is 6.26. The average Bonchev–Trinajstić information content (AvgIpc) is 2.29. The number of hydrogen-bond donors (Lipinski definition) is 1. The van der Waals surface area contributed by atoms with E-state index in [9.17, 15) is 4.79 Å². The number of para-hydroxylation sites is 1. The summed E-state index contributed by atoms with van der Waals surface area (Å²) in [4.78, 5) is 11.2. The van der Waals surface area contributed by atoms with Crippen molar-refractivity contribution >= 4 is 21.8 Å². The Morgan fingerprint density at radius 3 is 2.81 bits per heavy atom. The molecule has 0 saturated heterocycles. The Bertz CT molecular complexity index is 355. The zero-order valence-electron chi connectivity index (χ0n) is 9.50. The van der Waals surface area contributed by atoms with E-state index in [0.717, 1.165) is 17.7 Å². The number of carbonyl (C=O) groups is 1. The summed E-state index contributed by atoms with van der Waals surface area (Å²) in [6.45, 7) is 1.98. The molecule has 0 heterocycles. The van der Waals surface area contributed by atoms with Crippen LogP contribution in [0, 0.1) is 0 Å². The van der Waals surface area contributed by atoms with Crippen molar-refractivity contribution in [2.75, 3.05) is 12.4 Å². The molecular weight excluding hydrogens is 270 g/mol. The Hall–Kier alpha value is -1.03. The molecule has 88 valence electrons. The van der Waals surface area contributed by atoms with Gasteiger partial charge in [-0.1, -0.05) is 34.1 Å². The smallest absolute Gasteiger partial charge is 0.230 e. The lowest BCUT2D eigenvalue weighted by Gasteiger charge is -2.15. The number of ether oxygens (including phenoxy) is 1. The van der Waals surface area contributed by atoms with Crippen molar-refractivity contribution in [3.63, 3.8) is 0 Å². The minimum absolute atomic E-state index is 0.00222. The highest BCUT2D eigenvalue weighted by atomic mass is 79.9. The van der Waals surface area contributed by atoms with Crippen molar-refractivity contribution in [3.05, 3.63) is 29.8 Å². The quantitative estimate of drug-likeness (QED) is 0.842. The minimum atomic E-state index is 0.00222.